The molecule has 0 aliphatic carbocycles. The Hall–Kier alpha value is -1.10. The number of anilines is 1. The highest BCUT2D eigenvalue weighted by Gasteiger charge is 2.05. The summed E-state index contributed by atoms with van der Waals surface area (Å²) in [6.45, 7) is 0. The summed E-state index contributed by atoms with van der Waals surface area (Å²) in [7, 11) is 0. The van der Waals surface area contributed by atoms with Gasteiger partial charge >= 0.3 is 5.97 Å². The third kappa shape index (κ3) is 1.17. The summed E-state index contributed by atoms with van der Waals surface area (Å²) in [4.78, 5) is 10.1. The van der Waals surface area contributed by atoms with Crippen LogP contribution in [0.1, 0.15) is 10.5 Å². The van der Waals surface area contributed by atoms with Crippen molar-refractivity contribution in [2.45, 2.75) is 0 Å². The number of hydrogen-bond acceptors (Lipinski definition) is 4. The van der Waals surface area contributed by atoms with E-state index in [1.807, 2.05) is 0 Å². The standard InChI is InChI=1S/C4H4N2O2S/c5-3-1-2(4(7)8)6-9-3/h1H,5H2,(H,7,8). The lowest BCUT2D eigenvalue weighted by Crippen LogP contribution is -1.94. The number of nitrogens with zero attached hydrogens (tertiary/aromatic N) is 1. The van der Waals surface area contributed by atoms with Crippen LogP contribution in [0.2, 0.25) is 0 Å². The van der Waals surface area contributed by atoms with Crippen molar-refractivity contribution in [3.8, 4) is 0 Å². The Morgan fingerprint density at radius 1 is 1.89 bits per heavy atom. The molecule has 48 valence electrons. The molecule has 1 rings (SSSR count). The lowest BCUT2D eigenvalue weighted by molar-refractivity contribution is 0.0692. The smallest absolute Gasteiger partial charge is 0.355 e. The third-order valence-electron chi connectivity index (χ3n) is 0.747. The summed E-state index contributed by atoms with van der Waals surface area (Å²) in [5.74, 6) is -1.04. The normalized spacial score (nSPS) is 9.33. The number of hydrogen-bond donors (Lipinski definition) is 2. The van der Waals surface area contributed by atoms with Crippen LogP contribution in [0.5, 0.6) is 0 Å². The van der Waals surface area contributed by atoms with Gasteiger partial charge < -0.3 is 10.8 Å². The van der Waals surface area contributed by atoms with E-state index in [2.05, 4.69) is 4.37 Å². The van der Waals surface area contributed by atoms with Gasteiger partial charge in [-0.15, -0.1) is 0 Å². The van der Waals surface area contributed by atoms with Crippen LogP contribution in [-0.2, 0) is 0 Å². The molecule has 0 amide bonds. The molecule has 0 unspecified atom stereocenters. The van der Waals surface area contributed by atoms with E-state index in [4.69, 9.17) is 10.8 Å². The van der Waals surface area contributed by atoms with Gasteiger partial charge in [-0.05, 0) is 11.5 Å². The van der Waals surface area contributed by atoms with E-state index in [0.717, 1.165) is 11.5 Å². The van der Waals surface area contributed by atoms with Crippen molar-refractivity contribution < 1.29 is 9.90 Å². The number of aromatic nitrogens is 1. The van der Waals surface area contributed by atoms with Gasteiger partial charge in [0.2, 0.25) is 0 Å². The van der Waals surface area contributed by atoms with Crippen molar-refractivity contribution in [3.05, 3.63) is 11.8 Å². The Morgan fingerprint density at radius 3 is 2.78 bits per heavy atom. The predicted octanol–water partition coefficient (Wildman–Crippen LogP) is 0.424. The zero-order valence-corrected chi connectivity index (χ0v) is 5.18. The van der Waals surface area contributed by atoms with Crippen molar-refractivity contribution in [1.82, 2.24) is 4.37 Å². The third-order valence-corrected chi connectivity index (χ3v) is 1.36. The van der Waals surface area contributed by atoms with Crippen molar-refractivity contribution in [2.24, 2.45) is 0 Å². The zero-order valence-electron chi connectivity index (χ0n) is 4.37. The second-order valence-electron chi connectivity index (χ2n) is 1.42. The van der Waals surface area contributed by atoms with Crippen LogP contribution in [-0.4, -0.2) is 15.4 Å². The summed E-state index contributed by atoms with van der Waals surface area (Å²) >= 11 is 0.980. The van der Waals surface area contributed by atoms with E-state index in [1.165, 1.54) is 6.07 Å². The fourth-order valence-electron chi connectivity index (χ4n) is 0.390. The summed E-state index contributed by atoms with van der Waals surface area (Å²) in [6.07, 6.45) is 0. The van der Waals surface area contributed by atoms with Crippen molar-refractivity contribution in [1.29, 1.82) is 0 Å². The maximum atomic E-state index is 10.1. The molecule has 5 heteroatoms. The van der Waals surface area contributed by atoms with Crippen LogP contribution in [0.3, 0.4) is 0 Å². The van der Waals surface area contributed by atoms with Gasteiger partial charge in [-0.3, -0.25) is 0 Å². The van der Waals surface area contributed by atoms with Gasteiger partial charge in [-0.1, -0.05) is 0 Å². The zero-order chi connectivity index (χ0) is 6.85. The molecule has 0 aromatic carbocycles. The minimum Gasteiger partial charge on any atom is -0.476 e. The number of aromatic carboxylic acids is 1. The number of nitrogen functional groups attached to an aromatic ring is 1. The van der Waals surface area contributed by atoms with Crippen LogP contribution >= 0.6 is 11.5 Å². The van der Waals surface area contributed by atoms with Gasteiger partial charge in [0.15, 0.2) is 5.69 Å². The maximum absolute atomic E-state index is 10.1. The van der Waals surface area contributed by atoms with E-state index < -0.39 is 5.97 Å². The number of rotatable bonds is 1. The predicted molar refractivity (Wildman–Crippen MR) is 33.5 cm³/mol. The summed E-state index contributed by atoms with van der Waals surface area (Å²) < 4.78 is 3.53. The average molecular weight is 144 g/mol. The molecule has 4 nitrogen and oxygen atoms in total. The Kier molecular flexibility index (Phi) is 1.35. The molecule has 9 heavy (non-hydrogen) atoms. The molecule has 0 radical (unpaired) electrons. The Labute approximate surface area is 55.1 Å². The molecule has 0 spiro atoms. The van der Waals surface area contributed by atoms with Gasteiger partial charge in [0.05, 0.1) is 0 Å². The largest absolute Gasteiger partial charge is 0.476 e. The monoisotopic (exact) mass is 144 g/mol. The summed E-state index contributed by atoms with van der Waals surface area (Å²) in [5.41, 5.74) is 5.22. The second kappa shape index (κ2) is 2.02. The molecule has 0 fully saturated rings. The Bertz CT molecular complexity index is 232. The van der Waals surface area contributed by atoms with E-state index in [0.29, 0.717) is 5.00 Å². The van der Waals surface area contributed by atoms with E-state index >= 15 is 0 Å². The highest BCUT2D eigenvalue weighted by Crippen LogP contribution is 2.10. The molecular formula is C4H4N2O2S. The van der Waals surface area contributed by atoms with E-state index in [9.17, 15) is 4.79 Å². The molecule has 1 heterocycles. The molecule has 0 bridgehead atoms. The quantitative estimate of drug-likeness (QED) is 0.599. The first-order chi connectivity index (χ1) is 4.20. The van der Waals surface area contributed by atoms with E-state index in [-0.39, 0.29) is 5.69 Å². The minimum atomic E-state index is -1.04. The number of carbonyl (C=O) groups is 1. The van der Waals surface area contributed by atoms with Crippen LogP contribution in [0.15, 0.2) is 6.07 Å². The highest BCUT2D eigenvalue weighted by molar-refractivity contribution is 7.10. The SMILES string of the molecule is Nc1cc(C(=O)O)ns1. The first-order valence-corrected chi connectivity index (χ1v) is 2.93. The van der Waals surface area contributed by atoms with Crippen LogP contribution < -0.4 is 5.73 Å². The Morgan fingerprint density at radius 2 is 2.56 bits per heavy atom. The van der Waals surface area contributed by atoms with Gasteiger partial charge in [-0.2, -0.15) is 4.37 Å². The molecule has 0 atom stereocenters. The fourth-order valence-corrected chi connectivity index (χ4v) is 0.889. The number of carboxylic acids is 1. The van der Waals surface area contributed by atoms with Gasteiger partial charge in [0, 0.05) is 6.07 Å². The van der Waals surface area contributed by atoms with Crippen LogP contribution in [0.4, 0.5) is 5.00 Å². The highest BCUT2D eigenvalue weighted by atomic mass is 32.1. The lowest BCUT2D eigenvalue weighted by atomic mass is 10.4. The van der Waals surface area contributed by atoms with Gasteiger partial charge in [0.1, 0.15) is 5.00 Å². The van der Waals surface area contributed by atoms with Crippen molar-refractivity contribution >= 4 is 22.5 Å². The molecule has 0 saturated carbocycles. The molecule has 1 aromatic heterocycles. The first kappa shape index (κ1) is 6.03. The maximum Gasteiger partial charge on any atom is 0.355 e. The molecule has 0 aliphatic rings. The molecule has 0 saturated heterocycles. The Balaban J connectivity index is 2.98. The summed E-state index contributed by atoms with van der Waals surface area (Å²) in [6, 6.07) is 1.33. The second-order valence-corrected chi connectivity index (χ2v) is 2.26. The average Bonchev–Trinajstić information content (AvgIpc) is 2.14. The number of carboxylic acid groups (broad SMARTS) is 1. The molecule has 1 aromatic rings. The minimum absolute atomic E-state index is 0.0116. The van der Waals surface area contributed by atoms with Crippen molar-refractivity contribution in [3.63, 3.8) is 0 Å². The van der Waals surface area contributed by atoms with Crippen LogP contribution in [0, 0.1) is 0 Å². The van der Waals surface area contributed by atoms with Crippen LogP contribution in [0.25, 0.3) is 0 Å². The lowest BCUT2D eigenvalue weighted by Gasteiger charge is -1.77. The summed E-state index contributed by atoms with van der Waals surface area (Å²) in [5, 5.41) is 8.71. The molecular weight excluding hydrogens is 140 g/mol. The van der Waals surface area contributed by atoms with Crippen molar-refractivity contribution in [2.75, 3.05) is 5.73 Å². The molecule has 0 aliphatic heterocycles. The first-order valence-electron chi connectivity index (χ1n) is 2.15. The van der Waals surface area contributed by atoms with Gasteiger partial charge in [0.25, 0.3) is 0 Å². The molecule has 3 N–H and O–H groups in total. The van der Waals surface area contributed by atoms with Gasteiger partial charge in [-0.25, -0.2) is 4.79 Å². The van der Waals surface area contributed by atoms with E-state index in [1.54, 1.807) is 0 Å². The topological polar surface area (TPSA) is 76.2 Å². The fraction of sp³-hybridized carbons (Fsp3) is 0. The number of nitrogens with two attached hydrogens (primary N) is 1.